The first kappa shape index (κ1) is 20.5. The van der Waals surface area contributed by atoms with Crippen molar-refractivity contribution in [3.63, 3.8) is 0 Å². The molecule has 3 N–H and O–H groups in total. The van der Waals surface area contributed by atoms with E-state index in [1.807, 2.05) is 31.2 Å². The van der Waals surface area contributed by atoms with E-state index in [-0.39, 0.29) is 17.6 Å². The molecule has 3 aromatic rings. The van der Waals surface area contributed by atoms with Gasteiger partial charge >= 0.3 is 0 Å². The lowest BCUT2D eigenvalue weighted by Crippen LogP contribution is -2.28. The Hall–Kier alpha value is -3.74. The number of hydrogen-bond acceptors (Lipinski definition) is 4. The van der Waals surface area contributed by atoms with Crippen molar-refractivity contribution >= 4 is 29.0 Å². The predicted molar refractivity (Wildman–Crippen MR) is 118 cm³/mol. The molecule has 0 unspecified atom stereocenters. The molecule has 6 nitrogen and oxygen atoms in total. The van der Waals surface area contributed by atoms with E-state index < -0.39 is 5.41 Å². The van der Waals surface area contributed by atoms with Crippen LogP contribution in [0.15, 0.2) is 60.8 Å². The highest BCUT2D eigenvalue weighted by molar-refractivity contribution is 6.04. The predicted octanol–water partition coefficient (Wildman–Crippen LogP) is 4.30. The van der Waals surface area contributed by atoms with E-state index in [2.05, 4.69) is 20.9 Å². The van der Waals surface area contributed by atoms with Crippen LogP contribution >= 0.6 is 0 Å². The van der Waals surface area contributed by atoms with Gasteiger partial charge in [-0.2, -0.15) is 0 Å². The number of aryl methyl sites for hydroxylation is 1. The third kappa shape index (κ3) is 4.12. The number of carbonyl (C=O) groups is 2. The number of pyridine rings is 1. The van der Waals surface area contributed by atoms with Crippen LogP contribution < -0.4 is 16.0 Å². The van der Waals surface area contributed by atoms with Crippen molar-refractivity contribution in [1.29, 1.82) is 0 Å². The Morgan fingerprint density at radius 2 is 1.81 bits per heavy atom. The largest absolute Gasteiger partial charge is 0.355 e. The summed E-state index contributed by atoms with van der Waals surface area (Å²) in [7, 11) is 1.53. The van der Waals surface area contributed by atoms with Gasteiger partial charge in [0.1, 0.15) is 5.82 Å². The van der Waals surface area contributed by atoms with Gasteiger partial charge in [0, 0.05) is 18.9 Å². The molecule has 0 atom stereocenters. The summed E-state index contributed by atoms with van der Waals surface area (Å²) in [6, 6.07) is 15.4. The standard InChI is InChI=1S/C24H23FN4O2/c1-15-6-3-4-9-19(15)28-21-20(12-16(14-27-21)22(30)26-2)29-23(31)24(10-11-24)17-7-5-8-18(25)13-17/h3-9,12-14H,10-11H2,1-2H3,(H,26,30)(H,27,28)(H,29,31). The maximum absolute atomic E-state index is 13.7. The molecule has 31 heavy (non-hydrogen) atoms. The molecule has 1 fully saturated rings. The van der Waals surface area contributed by atoms with Crippen LogP contribution in [0.1, 0.15) is 34.3 Å². The average molecular weight is 418 g/mol. The van der Waals surface area contributed by atoms with E-state index >= 15 is 0 Å². The molecule has 0 saturated heterocycles. The molecule has 1 heterocycles. The normalized spacial score (nSPS) is 13.9. The van der Waals surface area contributed by atoms with E-state index in [1.165, 1.54) is 25.4 Å². The minimum absolute atomic E-state index is 0.248. The zero-order valence-corrected chi connectivity index (χ0v) is 17.3. The Kier molecular flexibility index (Phi) is 5.42. The Morgan fingerprint density at radius 1 is 1.03 bits per heavy atom. The third-order valence-electron chi connectivity index (χ3n) is 5.59. The summed E-state index contributed by atoms with van der Waals surface area (Å²) in [5, 5.41) is 8.72. The van der Waals surface area contributed by atoms with Gasteiger partial charge < -0.3 is 16.0 Å². The number of para-hydroxylation sites is 1. The summed E-state index contributed by atoms with van der Waals surface area (Å²) in [6.07, 6.45) is 2.71. The minimum Gasteiger partial charge on any atom is -0.355 e. The number of amides is 2. The van der Waals surface area contributed by atoms with Gasteiger partial charge in [-0.15, -0.1) is 0 Å². The molecule has 1 aliphatic rings. The van der Waals surface area contributed by atoms with E-state index in [1.54, 1.807) is 18.2 Å². The number of hydrogen-bond donors (Lipinski definition) is 3. The summed E-state index contributed by atoms with van der Waals surface area (Å²) in [5.41, 5.74) is 2.43. The Labute approximate surface area is 179 Å². The van der Waals surface area contributed by atoms with Crippen molar-refractivity contribution in [2.45, 2.75) is 25.2 Å². The molecule has 0 aliphatic heterocycles. The fourth-order valence-electron chi connectivity index (χ4n) is 3.57. The number of nitrogens with zero attached hydrogens (tertiary/aromatic N) is 1. The quantitative estimate of drug-likeness (QED) is 0.557. The molecule has 0 radical (unpaired) electrons. The number of benzene rings is 2. The first-order chi connectivity index (χ1) is 14.9. The maximum atomic E-state index is 13.7. The van der Waals surface area contributed by atoms with Gasteiger partial charge in [-0.05, 0) is 55.2 Å². The molecule has 1 aromatic heterocycles. The zero-order chi connectivity index (χ0) is 22.0. The number of anilines is 3. The lowest BCUT2D eigenvalue weighted by Gasteiger charge is -2.19. The Balaban J connectivity index is 1.67. The topological polar surface area (TPSA) is 83.1 Å². The maximum Gasteiger partial charge on any atom is 0.252 e. The Bertz CT molecular complexity index is 1160. The van der Waals surface area contributed by atoms with Crippen molar-refractivity contribution in [1.82, 2.24) is 10.3 Å². The number of carbonyl (C=O) groups excluding carboxylic acids is 2. The van der Waals surface area contributed by atoms with E-state index in [0.717, 1.165) is 11.3 Å². The average Bonchev–Trinajstić information content (AvgIpc) is 3.58. The van der Waals surface area contributed by atoms with Crippen LogP contribution in [0.3, 0.4) is 0 Å². The fraction of sp³-hybridized carbons (Fsp3) is 0.208. The minimum atomic E-state index is -0.773. The van der Waals surface area contributed by atoms with E-state index in [9.17, 15) is 14.0 Å². The lowest BCUT2D eigenvalue weighted by atomic mass is 9.94. The molecule has 2 amide bonds. The number of aromatic nitrogens is 1. The molecule has 7 heteroatoms. The van der Waals surface area contributed by atoms with Crippen LogP contribution in [0.25, 0.3) is 0 Å². The molecule has 2 aromatic carbocycles. The molecule has 0 bridgehead atoms. The van der Waals surface area contributed by atoms with Crippen molar-refractivity contribution < 1.29 is 14.0 Å². The van der Waals surface area contributed by atoms with Crippen molar-refractivity contribution in [2.75, 3.05) is 17.7 Å². The summed E-state index contributed by atoms with van der Waals surface area (Å²) >= 11 is 0. The van der Waals surface area contributed by atoms with Gasteiger partial charge in [0.15, 0.2) is 5.82 Å². The first-order valence-corrected chi connectivity index (χ1v) is 10.1. The molecule has 0 spiro atoms. The molecule has 1 saturated carbocycles. The van der Waals surface area contributed by atoms with Crippen LogP contribution in [0.4, 0.5) is 21.6 Å². The van der Waals surface area contributed by atoms with Gasteiger partial charge in [0.25, 0.3) is 5.91 Å². The van der Waals surface area contributed by atoms with Crippen molar-refractivity contribution in [3.05, 3.63) is 83.3 Å². The second-order valence-electron chi connectivity index (χ2n) is 7.69. The fourth-order valence-corrected chi connectivity index (χ4v) is 3.57. The summed E-state index contributed by atoms with van der Waals surface area (Å²) in [5.74, 6) is -0.509. The first-order valence-electron chi connectivity index (χ1n) is 10.1. The van der Waals surface area contributed by atoms with E-state index in [0.29, 0.717) is 35.5 Å². The van der Waals surface area contributed by atoms with Gasteiger partial charge in [0.05, 0.1) is 16.7 Å². The van der Waals surface area contributed by atoms with Crippen molar-refractivity contribution in [3.8, 4) is 0 Å². The lowest BCUT2D eigenvalue weighted by molar-refractivity contribution is -0.118. The summed E-state index contributed by atoms with van der Waals surface area (Å²) in [6.45, 7) is 1.96. The molecular formula is C24H23FN4O2. The number of halogens is 1. The van der Waals surface area contributed by atoms with Crippen LogP contribution in [0.5, 0.6) is 0 Å². The third-order valence-corrected chi connectivity index (χ3v) is 5.59. The second-order valence-corrected chi connectivity index (χ2v) is 7.69. The SMILES string of the molecule is CNC(=O)c1cnc(Nc2ccccc2C)c(NC(=O)C2(c3cccc(F)c3)CC2)c1. The van der Waals surface area contributed by atoms with Crippen LogP contribution in [-0.4, -0.2) is 23.8 Å². The van der Waals surface area contributed by atoms with E-state index in [4.69, 9.17) is 0 Å². The smallest absolute Gasteiger partial charge is 0.252 e. The summed E-state index contributed by atoms with van der Waals surface area (Å²) < 4.78 is 13.7. The van der Waals surface area contributed by atoms with Gasteiger partial charge in [-0.1, -0.05) is 30.3 Å². The van der Waals surface area contributed by atoms with Gasteiger partial charge in [-0.25, -0.2) is 9.37 Å². The second kappa shape index (κ2) is 8.18. The van der Waals surface area contributed by atoms with Gasteiger partial charge in [-0.3, -0.25) is 9.59 Å². The molecule has 1 aliphatic carbocycles. The number of rotatable bonds is 6. The summed E-state index contributed by atoms with van der Waals surface area (Å²) in [4.78, 5) is 29.7. The zero-order valence-electron chi connectivity index (χ0n) is 17.3. The number of nitrogens with one attached hydrogen (secondary N) is 3. The van der Waals surface area contributed by atoms with Gasteiger partial charge in [0.2, 0.25) is 5.91 Å². The Morgan fingerprint density at radius 3 is 2.48 bits per heavy atom. The highest BCUT2D eigenvalue weighted by Gasteiger charge is 2.51. The van der Waals surface area contributed by atoms with Crippen LogP contribution in [0.2, 0.25) is 0 Å². The van der Waals surface area contributed by atoms with Crippen LogP contribution in [-0.2, 0) is 10.2 Å². The highest BCUT2D eigenvalue weighted by atomic mass is 19.1. The highest BCUT2D eigenvalue weighted by Crippen LogP contribution is 2.49. The molecule has 4 rings (SSSR count). The van der Waals surface area contributed by atoms with Crippen LogP contribution in [0, 0.1) is 12.7 Å². The molecular weight excluding hydrogens is 395 g/mol. The monoisotopic (exact) mass is 418 g/mol. The molecule has 158 valence electrons. The van der Waals surface area contributed by atoms with Crippen molar-refractivity contribution in [2.24, 2.45) is 0 Å².